The number of nitrogens with zero attached hydrogens (tertiary/aromatic N) is 1. The highest BCUT2D eigenvalue weighted by atomic mass is 32.1. The fraction of sp³-hybridized carbons (Fsp3) is 0.200. The Labute approximate surface area is 163 Å². The Bertz CT molecular complexity index is 952. The molecule has 0 aliphatic rings. The van der Waals surface area contributed by atoms with Gasteiger partial charge in [0, 0.05) is 5.38 Å². The lowest BCUT2D eigenvalue weighted by Gasteiger charge is -2.12. The number of benzene rings is 2. The molecule has 1 aromatic heterocycles. The first-order valence-electron chi connectivity index (χ1n) is 8.31. The molecule has 0 amide bonds. The molecule has 0 unspecified atom stereocenters. The highest BCUT2D eigenvalue weighted by Gasteiger charge is 2.34. The molecule has 3 rings (SSSR count). The summed E-state index contributed by atoms with van der Waals surface area (Å²) in [5, 5.41) is 2.31. The lowest BCUT2D eigenvalue weighted by molar-refractivity contribution is -0.142. The Balaban J connectivity index is 1.58. The topological polar surface area (TPSA) is 48.4 Å². The van der Waals surface area contributed by atoms with Crippen molar-refractivity contribution >= 4 is 17.3 Å². The number of halogens is 3. The van der Waals surface area contributed by atoms with E-state index in [0.717, 1.165) is 17.7 Å². The number of para-hydroxylation sites is 1. The van der Waals surface area contributed by atoms with Crippen LogP contribution in [0.3, 0.4) is 0 Å². The van der Waals surface area contributed by atoms with Crippen molar-refractivity contribution in [3.63, 3.8) is 0 Å². The molecule has 0 aliphatic carbocycles. The number of thiazole rings is 1. The number of hydrogen-bond donors (Lipinski definition) is 0. The highest BCUT2D eigenvalue weighted by Crippen LogP contribution is 2.36. The zero-order valence-electron chi connectivity index (χ0n) is 14.8. The quantitative estimate of drug-likeness (QED) is 0.416. The van der Waals surface area contributed by atoms with E-state index >= 15 is 0 Å². The van der Waals surface area contributed by atoms with Gasteiger partial charge in [0.2, 0.25) is 0 Å². The lowest BCUT2D eigenvalue weighted by Crippen LogP contribution is -2.15. The van der Waals surface area contributed by atoms with Gasteiger partial charge in [-0.05, 0) is 31.2 Å². The van der Waals surface area contributed by atoms with Gasteiger partial charge in [-0.15, -0.1) is 11.3 Å². The van der Waals surface area contributed by atoms with Gasteiger partial charge in [0.25, 0.3) is 0 Å². The molecular weight excluding hydrogens is 391 g/mol. The normalized spacial score (nSPS) is 11.3. The third kappa shape index (κ3) is 5.32. The fourth-order valence-electron chi connectivity index (χ4n) is 2.37. The van der Waals surface area contributed by atoms with Gasteiger partial charge >= 0.3 is 12.1 Å². The minimum Gasteiger partial charge on any atom is -0.486 e. The van der Waals surface area contributed by atoms with E-state index in [0.29, 0.717) is 16.5 Å². The van der Waals surface area contributed by atoms with Crippen molar-refractivity contribution < 1.29 is 27.4 Å². The molecule has 2 aromatic carbocycles. The minimum atomic E-state index is -4.60. The number of esters is 1. The summed E-state index contributed by atoms with van der Waals surface area (Å²) in [6.45, 7) is 2.21. The summed E-state index contributed by atoms with van der Waals surface area (Å²) in [6, 6.07) is 12.1. The first-order valence-corrected chi connectivity index (χ1v) is 9.19. The van der Waals surface area contributed by atoms with E-state index < -0.39 is 23.5 Å². The van der Waals surface area contributed by atoms with E-state index in [1.807, 2.05) is 31.2 Å². The monoisotopic (exact) mass is 407 g/mol. The van der Waals surface area contributed by atoms with Gasteiger partial charge in [0.05, 0.1) is 17.7 Å². The van der Waals surface area contributed by atoms with Crippen LogP contribution in [0.25, 0.3) is 0 Å². The zero-order chi connectivity index (χ0) is 20.1. The second-order valence-electron chi connectivity index (χ2n) is 5.98. The molecule has 0 N–H and O–H groups in total. The molecule has 0 aliphatic heterocycles. The van der Waals surface area contributed by atoms with Crippen LogP contribution in [0.5, 0.6) is 11.5 Å². The smallest absolute Gasteiger partial charge is 0.419 e. The number of ether oxygens (including phenoxy) is 2. The first kappa shape index (κ1) is 19.9. The molecule has 3 aromatic rings. The molecule has 4 nitrogen and oxygen atoms in total. The van der Waals surface area contributed by atoms with Crippen molar-refractivity contribution in [1.82, 2.24) is 4.98 Å². The SMILES string of the molecule is Cc1ccc(OCc2nc(CC(=O)Oc3ccccc3C(F)(F)F)cs2)cc1. The van der Waals surface area contributed by atoms with Crippen molar-refractivity contribution in [2.24, 2.45) is 0 Å². The van der Waals surface area contributed by atoms with E-state index in [1.54, 1.807) is 5.38 Å². The van der Waals surface area contributed by atoms with E-state index in [1.165, 1.54) is 23.5 Å². The van der Waals surface area contributed by atoms with Gasteiger partial charge < -0.3 is 9.47 Å². The summed E-state index contributed by atoms with van der Waals surface area (Å²) in [5.41, 5.74) is 0.547. The summed E-state index contributed by atoms with van der Waals surface area (Å²) >= 11 is 1.30. The Morgan fingerprint density at radius 3 is 2.54 bits per heavy atom. The molecule has 0 saturated carbocycles. The van der Waals surface area contributed by atoms with Crippen LogP contribution in [-0.2, 0) is 24.0 Å². The third-order valence-corrected chi connectivity index (χ3v) is 4.60. The Morgan fingerprint density at radius 2 is 1.82 bits per heavy atom. The van der Waals surface area contributed by atoms with Crippen LogP contribution in [0.1, 0.15) is 21.8 Å². The number of alkyl halides is 3. The summed E-state index contributed by atoms with van der Waals surface area (Å²) in [7, 11) is 0. The number of aromatic nitrogens is 1. The average Bonchev–Trinajstić information content (AvgIpc) is 3.08. The number of rotatable bonds is 6. The lowest BCUT2D eigenvalue weighted by atomic mass is 10.2. The molecular formula is C20H16F3NO3S. The number of carbonyl (C=O) groups excluding carboxylic acids is 1. The number of hydrogen-bond acceptors (Lipinski definition) is 5. The predicted molar refractivity (Wildman–Crippen MR) is 98.4 cm³/mol. The van der Waals surface area contributed by atoms with E-state index in [9.17, 15) is 18.0 Å². The second kappa shape index (κ2) is 8.43. The van der Waals surface area contributed by atoms with Crippen LogP contribution in [0, 0.1) is 6.92 Å². The molecule has 1 heterocycles. The summed E-state index contributed by atoms with van der Waals surface area (Å²) in [6.07, 6.45) is -4.83. The van der Waals surface area contributed by atoms with Crippen LogP contribution < -0.4 is 9.47 Å². The molecule has 8 heteroatoms. The maximum atomic E-state index is 13.0. The summed E-state index contributed by atoms with van der Waals surface area (Å²) < 4.78 is 49.4. The van der Waals surface area contributed by atoms with Gasteiger partial charge in [-0.25, -0.2) is 4.98 Å². The number of aryl methyl sites for hydroxylation is 1. The van der Waals surface area contributed by atoms with Gasteiger partial charge in [0.15, 0.2) is 0 Å². The van der Waals surface area contributed by atoms with E-state index in [4.69, 9.17) is 9.47 Å². The third-order valence-electron chi connectivity index (χ3n) is 3.72. The van der Waals surface area contributed by atoms with Gasteiger partial charge in [-0.3, -0.25) is 4.79 Å². The fourth-order valence-corrected chi connectivity index (χ4v) is 3.08. The minimum absolute atomic E-state index is 0.229. The van der Waals surface area contributed by atoms with Crippen LogP contribution in [-0.4, -0.2) is 11.0 Å². The van der Waals surface area contributed by atoms with Crippen molar-refractivity contribution in [2.75, 3.05) is 0 Å². The first-order chi connectivity index (χ1) is 13.3. The van der Waals surface area contributed by atoms with Crippen LogP contribution in [0.15, 0.2) is 53.9 Å². The van der Waals surface area contributed by atoms with Crippen molar-refractivity contribution in [3.05, 3.63) is 75.7 Å². The molecule has 0 spiro atoms. The standard InChI is InChI=1S/C20H16F3NO3S/c1-13-6-8-15(9-7-13)26-11-18-24-14(12-28-18)10-19(25)27-17-5-3-2-4-16(17)20(21,22)23/h2-9,12H,10-11H2,1H3. The molecule has 0 fully saturated rings. The number of carbonyl (C=O) groups is 1. The van der Waals surface area contributed by atoms with Crippen LogP contribution >= 0.6 is 11.3 Å². The summed E-state index contributed by atoms with van der Waals surface area (Å²) in [4.78, 5) is 16.3. The molecule has 0 saturated heterocycles. The van der Waals surface area contributed by atoms with Gasteiger partial charge in [-0.2, -0.15) is 13.2 Å². The Kier molecular flexibility index (Phi) is 5.99. The highest BCUT2D eigenvalue weighted by molar-refractivity contribution is 7.09. The van der Waals surface area contributed by atoms with Crippen LogP contribution in [0.4, 0.5) is 13.2 Å². The summed E-state index contributed by atoms with van der Waals surface area (Å²) in [5.74, 6) is -0.628. The van der Waals surface area contributed by atoms with Crippen molar-refractivity contribution in [2.45, 2.75) is 26.1 Å². The zero-order valence-corrected chi connectivity index (χ0v) is 15.6. The predicted octanol–water partition coefficient (Wildman–Crippen LogP) is 5.20. The van der Waals surface area contributed by atoms with E-state index in [2.05, 4.69) is 4.98 Å². The van der Waals surface area contributed by atoms with E-state index in [-0.39, 0.29) is 13.0 Å². The van der Waals surface area contributed by atoms with Crippen LogP contribution in [0.2, 0.25) is 0 Å². The van der Waals surface area contributed by atoms with Crippen molar-refractivity contribution in [1.29, 1.82) is 0 Å². The van der Waals surface area contributed by atoms with Gasteiger partial charge in [-0.1, -0.05) is 29.8 Å². The molecule has 28 heavy (non-hydrogen) atoms. The molecule has 0 atom stereocenters. The molecule has 146 valence electrons. The molecule has 0 bridgehead atoms. The average molecular weight is 407 g/mol. The largest absolute Gasteiger partial charge is 0.486 e. The van der Waals surface area contributed by atoms with Gasteiger partial charge in [0.1, 0.15) is 23.1 Å². The maximum absolute atomic E-state index is 13.0. The Hall–Kier alpha value is -2.87. The second-order valence-corrected chi connectivity index (χ2v) is 6.92. The molecule has 0 radical (unpaired) electrons. The maximum Gasteiger partial charge on any atom is 0.419 e. The van der Waals surface area contributed by atoms with Crippen molar-refractivity contribution in [3.8, 4) is 11.5 Å². The Morgan fingerprint density at radius 1 is 1.11 bits per heavy atom.